The number of rotatable bonds is 11. The van der Waals surface area contributed by atoms with E-state index in [1.807, 2.05) is 48.5 Å². The Morgan fingerprint density at radius 2 is 0.952 bits per heavy atom. The van der Waals surface area contributed by atoms with Crippen molar-refractivity contribution in [1.82, 2.24) is 0 Å². The highest BCUT2D eigenvalue weighted by Crippen LogP contribution is 2.60. The number of benzene rings is 2. The first-order chi connectivity index (χ1) is 19.9. The molecule has 0 saturated heterocycles. The number of anilines is 2. The fraction of sp³-hybridized carbons (Fsp3) is 0.429. The Morgan fingerprint density at radius 3 is 1.26 bits per heavy atom. The molecule has 226 valence electrons. The summed E-state index contributed by atoms with van der Waals surface area (Å²) in [6.07, 6.45) is 5.16. The predicted molar refractivity (Wildman–Crippen MR) is 178 cm³/mol. The van der Waals surface area contributed by atoms with E-state index in [9.17, 15) is 0 Å². The molecule has 2 aliphatic rings. The Kier molecular flexibility index (Phi) is 10.7. The molecule has 2 fully saturated rings. The highest BCUT2D eigenvalue weighted by molar-refractivity contribution is 6.51. The van der Waals surface area contributed by atoms with E-state index in [-0.39, 0.29) is 35.7 Å². The van der Waals surface area contributed by atoms with E-state index in [4.69, 9.17) is 69.3 Å². The smallest absolute Gasteiger partial charge is 0.218 e. The molecular formula is C28H36Cl4N10. The summed E-state index contributed by atoms with van der Waals surface area (Å²) in [4.78, 5) is 16.7. The molecule has 0 bridgehead atoms. The van der Waals surface area contributed by atoms with Crippen molar-refractivity contribution in [2.24, 2.45) is 42.9 Å². The first kappa shape index (κ1) is 32.0. The van der Waals surface area contributed by atoms with Gasteiger partial charge in [0.05, 0.1) is 0 Å². The maximum absolute atomic E-state index is 6.13. The molecule has 10 N–H and O–H groups in total. The lowest BCUT2D eigenvalue weighted by Gasteiger charge is -2.07. The fourth-order valence-electron chi connectivity index (χ4n) is 4.38. The molecule has 0 heterocycles. The van der Waals surface area contributed by atoms with E-state index in [1.165, 1.54) is 0 Å². The number of unbranched alkanes of at least 4 members (excludes halogenated alkanes) is 3. The van der Waals surface area contributed by atoms with Gasteiger partial charge >= 0.3 is 0 Å². The molecule has 2 aliphatic carbocycles. The Bertz CT molecular complexity index is 1230. The minimum Gasteiger partial charge on any atom is -0.369 e. The second kappa shape index (κ2) is 14.0. The van der Waals surface area contributed by atoms with Gasteiger partial charge in [0.15, 0.2) is 0 Å². The summed E-state index contributed by atoms with van der Waals surface area (Å²) in [5.41, 5.74) is 27.4. The number of alkyl halides is 4. The fourth-order valence-corrected chi connectivity index (χ4v) is 5.50. The maximum atomic E-state index is 6.13. The zero-order valence-corrected chi connectivity index (χ0v) is 26.1. The third-order valence-corrected chi connectivity index (χ3v) is 8.58. The van der Waals surface area contributed by atoms with E-state index in [1.54, 1.807) is 0 Å². The molecule has 2 aromatic rings. The first-order valence-electron chi connectivity index (χ1n) is 13.7. The zero-order valence-electron chi connectivity index (χ0n) is 23.0. The Morgan fingerprint density at radius 1 is 0.619 bits per heavy atom. The van der Waals surface area contributed by atoms with Crippen molar-refractivity contribution >= 4 is 81.6 Å². The van der Waals surface area contributed by atoms with Crippen molar-refractivity contribution in [3.63, 3.8) is 0 Å². The average molecular weight is 654 g/mol. The second-order valence-corrected chi connectivity index (χ2v) is 13.5. The molecule has 0 aromatic heterocycles. The van der Waals surface area contributed by atoms with Crippen molar-refractivity contribution < 1.29 is 0 Å². The van der Waals surface area contributed by atoms with Crippen LogP contribution in [0.15, 0.2) is 68.5 Å². The number of nitrogens with two attached hydrogens (primary N) is 4. The molecule has 10 nitrogen and oxygen atoms in total. The summed E-state index contributed by atoms with van der Waals surface area (Å²) in [5.74, 6) is 0.898. The van der Waals surface area contributed by atoms with Crippen LogP contribution < -0.4 is 33.6 Å². The molecule has 14 heteroatoms. The second-order valence-electron chi connectivity index (χ2n) is 10.4. The molecule has 0 aliphatic heterocycles. The van der Waals surface area contributed by atoms with Gasteiger partial charge in [-0.25, -0.2) is 0 Å². The molecule has 2 atom stereocenters. The van der Waals surface area contributed by atoms with Gasteiger partial charge in [-0.15, -0.1) is 46.4 Å². The minimum atomic E-state index is -0.653. The third-order valence-electron chi connectivity index (χ3n) is 6.91. The molecule has 0 radical (unpaired) electrons. The molecular weight excluding hydrogens is 618 g/mol. The summed E-state index contributed by atoms with van der Waals surface area (Å²) in [6.45, 7) is 1.10. The van der Waals surface area contributed by atoms with E-state index in [2.05, 4.69) is 30.6 Å². The van der Waals surface area contributed by atoms with Gasteiger partial charge < -0.3 is 33.6 Å². The van der Waals surface area contributed by atoms with Crippen molar-refractivity contribution in [2.45, 2.75) is 59.0 Å². The maximum Gasteiger partial charge on any atom is 0.218 e. The highest BCUT2D eigenvalue weighted by atomic mass is 35.5. The van der Waals surface area contributed by atoms with Gasteiger partial charge in [-0.05, 0) is 61.1 Å². The predicted octanol–water partition coefficient (Wildman–Crippen LogP) is 5.35. The van der Waals surface area contributed by atoms with Crippen molar-refractivity contribution in [2.75, 3.05) is 23.7 Å². The summed E-state index contributed by atoms with van der Waals surface area (Å²) < 4.78 is -1.31. The highest BCUT2D eigenvalue weighted by Gasteiger charge is 2.53. The van der Waals surface area contributed by atoms with Crippen LogP contribution in [0.2, 0.25) is 0 Å². The first-order valence-corrected chi connectivity index (χ1v) is 15.2. The van der Waals surface area contributed by atoms with Crippen LogP contribution in [0.4, 0.5) is 11.4 Å². The van der Waals surface area contributed by atoms with Gasteiger partial charge in [-0.1, -0.05) is 37.1 Å². The number of nitrogens with zero attached hydrogens (tertiary/aromatic N) is 4. The van der Waals surface area contributed by atoms with Gasteiger partial charge in [0.1, 0.15) is 8.67 Å². The number of hydrogen-bond donors (Lipinski definition) is 6. The van der Waals surface area contributed by atoms with Gasteiger partial charge in [-0.2, -0.15) is 9.98 Å². The monoisotopic (exact) mass is 652 g/mol. The molecule has 42 heavy (non-hydrogen) atoms. The van der Waals surface area contributed by atoms with Crippen LogP contribution in [0.3, 0.4) is 0 Å². The van der Waals surface area contributed by atoms with Crippen LogP contribution in [0.25, 0.3) is 0 Å². The molecule has 4 rings (SSSR count). The largest absolute Gasteiger partial charge is 0.369 e. The van der Waals surface area contributed by atoms with Crippen LogP contribution in [0, 0.1) is 0 Å². The van der Waals surface area contributed by atoms with Gasteiger partial charge in [-0.3, -0.25) is 9.98 Å². The topological polar surface area (TPSA) is 178 Å². The quantitative estimate of drug-likeness (QED) is 0.0823. The van der Waals surface area contributed by atoms with Crippen LogP contribution in [0.5, 0.6) is 0 Å². The van der Waals surface area contributed by atoms with Crippen molar-refractivity contribution in [3.8, 4) is 0 Å². The molecule has 2 aromatic carbocycles. The molecule has 2 saturated carbocycles. The summed E-state index contributed by atoms with van der Waals surface area (Å²) >= 11 is 24.5. The van der Waals surface area contributed by atoms with E-state index in [0.717, 1.165) is 61.0 Å². The summed E-state index contributed by atoms with van der Waals surface area (Å²) in [6, 6.07) is 15.4. The summed E-state index contributed by atoms with van der Waals surface area (Å²) in [5, 5.41) is 5.99. The molecule has 0 amide bonds. The standard InChI is InChI=1S/C28H36Cl4N10/c29-27(30)15-21(27)17-5-9-19(10-6-17)39-25(35)41-23(33)37-13-3-1-2-4-14-38-24(34)42-26(36)40-20-11-7-18(8-12-20)22-16-28(22,31)32/h5-12,21-22H,1-4,13-16H2,(H5,33,35,37,39,41)(H5,34,36,38,40,42). The van der Waals surface area contributed by atoms with Gasteiger partial charge in [0.2, 0.25) is 23.8 Å². The lowest BCUT2D eigenvalue weighted by Crippen LogP contribution is -2.26. The van der Waals surface area contributed by atoms with Crippen LogP contribution in [-0.4, -0.2) is 45.6 Å². The van der Waals surface area contributed by atoms with E-state index >= 15 is 0 Å². The third kappa shape index (κ3) is 9.83. The number of guanidine groups is 4. The number of aliphatic imine (C=N–C) groups is 4. The zero-order chi connectivity index (χ0) is 30.3. The molecule has 0 spiro atoms. The Hall–Kier alpha value is -2.92. The number of nitrogens with one attached hydrogen (secondary N) is 2. The van der Waals surface area contributed by atoms with Crippen molar-refractivity contribution in [1.29, 1.82) is 0 Å². The summed E-state index contributed by atoms with van der Waals surface area (Å²) in [7, 11) is 0. The van der Waals surface area contributed by atoms with Gasteiger partial charge in [0.25, 0.3) is 0 Å². The van der Waals surface area contributed by atoms with Crippen molar-refractivity contribution in [3.05, 3.63) is 59.7 Å². The van der Waals surface area contributed by atoms with Crippen LogP contribution in [-0.2, 0) is 0 Å². The van der Waals surface area contributed by atoms with Crippen LogP contribution in [0.1, 0.15) is 61.5 Å². The lowest BCUT2D eigenvalue weighted by molar-refractivity contribution is 0.653. The van der Waals surface area contributed by atoms with E-state index < -0.39 is 8.67 Å². The van der Waals surface area contributed by atoms with Crippen LogP contribution >= 0.6 is 46.4 Å². The van der Waals surface area contributed by atoms with E-state index in [0.29, 0.717) is 13.1 Å². The SMILES string of the molecule is NC(=NCCCCCCN=C(N)N=C(N)Nc1ccc(C2CC2(Cl)Cl)cc1)N=C(N)Nc1ccc(C2CC2(Cl)Cl)cc1. The number of halogens is 4. The minimum absolute atomic E-state index is 0.122. The normalized spacial score (nSPS) is 21.6. The Balaban J connectivity index is 1.08. The van der Waals surface area contributed by atoms with Gasteiger partial charge in [0, 0.05) is 36.3 Å². The lowest BCUT2D eigenvalue weighted by atomic mass is 10.1. The Labute approximate surface area is 266 Å². The molecule has 2 unspecified atom stereocenters. The number of hydrogen-bond acceptors (Lipinski definition) is 2. The average Bonchev–Trinajstić information content (AvgIpc) is 3.78.